The van der Waals surface area contributed by atoms with Crippen molar-refractivity contribution in [3.63, 3.8) is 0 Å². The quantitative estimate of drug-likeness (QED) is 0.110. The second-order valence-electron chi connectivity index (χ2n) is 4.09. The molecule has 2 N–H and O–H groups in total. The van der Waals surface area contributed by atoms with Crippen LogP contribution in [0.1, 0.15) is 0 Å². The summed E-state index contributed by atoms with van der Waals surface area (Å²) in [7, 11) is -8.28. The summed E-state index contributed by atoms with van der Waals surface area (Å²) in [6, 6.07) is 0. The van der Waals surface area contributed by atoms with E-state index in [1.165, 1.54) is 0 Å². The van der Waals surface area contributed by atoms with Crippen LogP contribution in [0.25, 0.3) is 41.8 Å². The van der Waals surface area contributed by atoms with E-state index in [1.54, 1.807) is 0 Å². The van der Waals surface area contributed by atoms with Crippen LogP contribution in [0, 0.1) is 0 Å². The SMILES string of the molecule is [N-]=[N+]=NCCOP(=O)(O)OCCN=[N+]=[N-].[N-]=[N+]=NCCOP(=O)(O)OCCN=[N+]=[N-]. The molecule has 20 nitrogen and oxygen atoms in total. The van der Waals surface area contributed by atoms with Crippen LogP contribution in [0.5, 0.6) is 0 Å². The lowest BCUT2D eigenvalue weighted by molar-refractivity contribution is 0.154. The van der Waals surface area contributed by atoms with Crippen LogP contribution in [-0.2, 0) is 27.2 Å². The smallest absolute Gasteiger partial charge is 0.302 e. The molecule has 0 spiro atoms. The van der Waals surface area contributed by atoms with Crippen LogP contribution < -0.4 is 0 Å². The molecule has 0 saturated heterocycles. The monoisotopic (exact) mass is 472 g/mol. The lowest BCUT2D eigenvalue weighted by atomic mass is 10.8. The van der Waals surface area contributed by atoms with E-state index in [1.807, 2.05) is 0 Å². The van der Waals surface area contributed by atoms with Crippen molar-refractivity contribution in [2.24, 2.45) is 20.5 Å². The zero-order chi connectivity index (χ0) is 23.1. The molecule has 0 aromatic carbocycles. The molecule has 0 aliphatic heterocycles. The highest BCUT2D eigenvalue weighted by atomic mass is 31.2. The average Bonchev–Trinajstić information content (AvgIpc) is 2.70. The molecule has 0 aromatic heterocycles. The van der Waals surface area contributed by atoms with Crippen LogP contribution in [0.15, 0.2) is 20.5 Å². The van der Waals surface area contributed by atoms with Crippen LogP contribution in [-0.4, -0.2) is 62.4 Å². The summed E-state index contributed by atoms with van der Waals surface area (Å²) in [5, 5.41) is 12.3. The standard InChI is InChI=1S/2C4H9N6O4P/c2*5-9-7-1-3-13-15(11,12)14-4-2-8-10-6/h2*1-4H2,(H,11,12). The lowest BCUT2D eigenvalue weighted by Gasteiger charge is -2.09. The van der Waals surface area contributed by atoms with Gasteiger partial charge >= 0.3 is 15.6 Å². The summed E-state index contributed by atoms with van der Waals surface area (Å²) in [6.07, 6.45) is 0. The zero-order valence-electron chi connectivity index (χ0n) is 15.3. The first-order valence-corrected chi connectivity index (χ1v) is 10.5. The van der Waals surface area contributed by atoms with Gasteiger partial charge in [-0.1, -0.05) is 20.5 Å². The molecule has 168 valence electrons. The highest BCUT2D eigenvalue weighted by Crippen LogP contribution is 2.43. The number of phosphoric acid groups is 2. The Bertz CT molecular complexity index is 650. The number of hydrogen-bond acceptors (Lipinski definition) is 10. The highest BCUT2D eigenvalue weighted by molar-refractivity contribution is 7.47. The molecule has 30 heavy (non-hydrogen) atoms. The van der Waals surface area contributed by atoms with Crippen LogP contribution in [0.3, 0.4) is 0 Å². The van der Waals surface area contributed by atoms with E-state index in [4.69, 9.17) is 31.9 Å². The molecule has 0 heterocycles. The van der Waals surface area contributed by atoms with Gasteiger partial charge in [0.2, 0.25) is 0 Å². The average molecular weight is 472 g/mol. The van der Waals surface area contributed by atoms with Crippen molar-refractivity contribution in [2.75, 3.05) is 52.6 Å². The molecule has 22 heteroatoms. The zero-order valence-corrected chi connectivity index (χ0v) is 17.1. The van der Waals surface area contributed by atoms with Gasteiger partial charge in [-0.2, -0.15) is 0 Å². The Morgan fingerprint density at radius 1 is 0.567 bits per heavy atom. The molecule has 0 aliphatic rings. The van der Waals surface area contributed by atoms with Gasteiger partial charge in [0.25, 0.3) is 0 Å². The predicted molar refractivity (Wildman–Crippen MR) is 99.5 cm³/mol. The highest BCUT2D eigenvalue weighted by Gasteiger charge is 2.20. The molecule has 0 radical (unpaired) electrons. The third kappa shape index (κ3) is 23.5. The third-order valence-electron chi connectivity index (χ3n) is 2.04. The van der Waals surface area contributed by atoms with Gasteiger partial charge in [-0.3, -0.25) is 18.1 Å². The third-order valence-corrected chi connectivity index (χ3v) is 4.07. The molecule has 0 bridgehead atoms. The Morgan fingerprint density at radius 3 is 0.933 bits per heavy atom. The summed E-state index contributed by atoms with van der Waals surface area (Å²) >= 11 is 0. The normalized spacial score (nSPS) is 13.4. The van der Waals surface area contributed by atoms with Crippen LogP contribution >= 0.6 is 15.6 Å². The molecule has 0 aromatic rings. The Hall–Kier alpha value is -2.54. The minimum absolute atomic E-state index is 0.0687. The lowest BCUT2D eigenvalue weighted by Crippen LogP contribution is -2.01. The van der Waals surface area contributed by atoms with E-state index >= 15 is 0 Å². The number of phosphoric ester groups is 2. The van der Waals surface area contributed by atoms with Crippen molar-refractivity contribution in [1.82, 2.24) is 0 Å². The second-order valence-corrected chi connectivity index (χ2v) is 6.99. The number of azide groups is 4. The van der Waals surface area contributed by atoms with Gasteiger partial charge in [-0.05, 0) is 22.1 Å². The molecule has 0 unspecified atom stereocenters. The summed E-state index contributed by atoms with van der Waals surface area (Å²) in [5.41, 5.74) is 31.6. The summed E-state index contributed by atoms with van der Waals surface area (Å²) in [6.45, 7) is -1.17. The summed E-state index contributed by atoms with van der Waals surface area (Å²) in [5.74, 6) is 0. The summed E-state index contributed by atoms with van der Waals surface area (Å²) < 4.78 is 39.6. The van der Waals surface area contributed by atoms with Gasteiger partial charge < -0.3 is 9.79 Å². The van der Waals surface area contributed by atoms with E-state index in [2.05, 4.69) is 58.2 Å². The Morgan fingerprint density at radius 2 is 0.767 bits per heavy atom. The molecular weight excluding hydrogens is 454 g/mol. The van der Waals surface area contributed by atoms with Crippen molar-refractivity contribution in [3.05, 3.63) is 41.8 Å². The van der Waals surface area contributed by atoms with Gasteiger partial charge in [-0.25, -0.2) is 9.13 Å². The largest absolute Gasteiger partial charge is 0.472 e. The van der Waals surface area contributed by atoms with E-state index in [0.29, 0.717) is 0 Å². The maximum atomic E-state index is 11.0. The van der Waals surface area contributed by atoms with Gasteiger partial charge in [0, 0.05) is 45.8 Å². The van der Waals surface area contributed by atoms with E-state index in [9.17, 15) is 9.13 Å². The van der Waals surface area contributed by atoms with Crippen LogP contribution in [0.4, 0.5) is 0 Å². The fraction of sp³-hybridized carbons (Fsp3) is 1.00. The molecule has 0 amide bonds. The second kappa shape index (κ2) is 19.8. The maximum Gasteiger partial charge on any atom is 0.472 e. The van der Waals surface area contributed by atoms with E-state index < -0.39 is 15.6 Å². The number of rotatable bonds is 16. The topological polar surface area (TPSA) is 307 Å². The molecule has 0 saturated carbocycles. The Kier molecular flexibility index (Phi) is 19.5. The van der Waals surface area contributed by atoms with Crippen molar-refractivity contribution in [3.8, 4) is 0 Å². The van der Waals surface area contributed by atoms with Gasteiger partial charge in [-0.15, -0.1) is 0 Å². The number of nitrogens with zero attached hydrogens (tertiary/aromatic N) is 12. The van der Waals surface area contributed by atoms with Crippen molar-refractivity contribution in [2.45, 2.75) is 0 Å². The molecular formula is C8H18N12O8P2. The Balaban J connectivity index is 0. The fourth-order valence-electron chi connectivity index (χ4n) is 1.04. The minimum atomic E-state index is -4.14. The van der Waals surface area contributed by atoms with E-state index in [-0.39, 0.29) is 52.6 Å². The fourth-order valence-corrected chi connectivity index (χ4v) is 2.44. The van der Waals surface area contributed by atoms with Crippen molar-refractivity contribution in [1.29, 1.82) is 0 Å². The molecule has 0 fully saturated rings. The first-order chi connectivity index (χ1) is 14.2. The number of hydrogen-bond donors (Lipinski definition) is 2. The summed E-state index contributed by atoms with van der Waals surface area (Å²) in [4.78, 5) is 27.6. The Labute approximate surface area is 168 Å². The predicted octanol–water partition coefficient (Wildman–Crippen LogP) is 3.48. The van der Waals surface area contributed by atoms with Gasteiger partial charge in [0.15, 0.2) is 0 Å². The first kappa shape index (κ1) is 29.7. The maximum absolute atomic E-state index is 11.0. The van der Waals surface area contributed by atoms with E-state index in [0.717, 1.165) is 0 Å². The van der Waals surface area contributed by atoms with Crippen molar-refractivity contribution < 1.29 is 37.0 Å². The van der Waals surface area contributed by atoms with Gasteiger partial charge in [0.05, 0.1) is 26.4 Å². The molecule has 0 atom stereocenters. The minimum Gasteiger partial charge on any atom is -0.302 e. The molecule has 0 aliphatic carbocycles. The first-order valence-electron chi connectivity index (χ1n) is 7.52. The van der Waals surface area contributed by atoms with Gasteiger partial charge in [0.1, 0.15) is 0 Å². The molecule has 0 rings (SSSR count). The van der Waals surface area contributed by atoms with Crippen molar-refractivity contribution >= 4 is 15.6 Å². The van der Waals surface area contributed by atoms with Crippen LogP contribution in [0.2, 0.25) is 0 Å².